The number of thiocarbonyl (C=S) groups is 1. The van der Waals surface area contributed by atoms with Crippen molar-refractivity contribution in [3.05, 3.63) is 29.8 Å². The van der Waals surface area contributed by atoms with Gasteiger partial charge in [0.25, 0.3) is 0 Å². The third-order valence-electron chi connectivity index (χ3n) is 6.54. The fourth-order valence-corrected chi connectivity index (χ4v) is 6.51. The quantitative estimate of drug-likeness (QED) is 0.792. The van der Waals surface area contributed by atoms with Crippen molar-refractivity contribution in [2.75, 3.05) is 11.4 Å². The third-order valence-corrected chi connectivity index (χ3v) is 6.87. The fraction of sp³-hybridized carbons (Fsp3) is 0.632. The largest absolute Gasteiger partial charge is 0.357 e. The van der Waals surface area contributed by atoms with E-state index in [0.717, 1.165) is 35.8 Å². The van der Waals surface area contributed by atoms with Gasteiger partial charge in [0, 0.05) is 17.8 Å². The number of nitrogens with one attached hydrogen (secondary N) is 1. The molecule has 6 rings (SSSR count). The Kier molecular flexibility index (Phi) is 2.86. The van der Waals surface area contributed by atoms with Crippen LogP contribution in [0.3, 0.4) is 0 Å². The second-order valence-corrected chi connectivity index (χ2v) is 8.55. The lowest BCUT2D eigenvalue weighted by Gasteiger charge is -2.57. The molecule has 22 heavy (non-hydrogen) atoms. The lowest BCUT2D eigenvalue weighted by molar-refractivity contribution is -0.00991. The maximum absolute atomic E-state index is 5.84. The molecule has 4 bridgehead atoms. The Morgan fingerprint density at radius 1 is 1.05 bits per heavy atom. The van der Waals surface area contributed by atoms with E-state index in [1.54, 1.807) is 0 Å². The topological polar surface area (TPSA) is 15.3 Å². The number of para-hydroxylation sites is 1. The molecule has 4 saturated carbocycles. The molecule has 116 valence electrons. The summed E-state index contributed by atoms with van der Waals surface area (Å²) in [5.74, 6) is 2.90. The average molecular weight is 312 g/mol. The van der Waals surface area contributed by atoms with E-state index in [4.69, 9.17) is 12.2 Å². The molecule has 0 amide bonds. The van der Waals surface area contributed by atoms with Crippen LogP contribution in [0.5, 0.6) is 0 Å². The molecule has 1 aliphatic heterocycles. The molecule has 4 aliphatic carbocycles. The average Bonchev–Trinajstić information content (AvgIpc) is 2.89. The van der Waals surface area contributed by atoms with Crippen molar-refractivity contribution in [2.45, 2.75) is 50.5 Å². The van der Waals surface area contributed by atoms with E-state index < -0.39 is 0 Å². The summed E-state index contributed by atoms with van der Waals surface area (Å²) in [6.45, 7) is 1.04. The molecule has 4 fully saturated rings. The molecule has 1 N–H and O–H groups in total. The van der Waals surface area contributed by atoms with Crippen LogP contribution in [0.2, 0.25) is 0 Å². The monoisotopic (exact) mass is 312 g/mol. The molecule has 0 atom stereocenters. The molecule has 0 radical (unpaired) electrons. The smallest absolute Gasteiger partial charge is 0.173 e. The summed E-state index contributed by atoms with van der Waals surface area (Å²) in [5, 5.41) is 4.84. The SMILES string of the molecule is S=C(NC12CC3CC(CC(C3)C1)C2)N1CCc2ccccc21. The third kappa shape index (κ3) is 2.01. The van der Waals surface area contributed by atoms with Crippen molar-refractivity contribution in [3.63, 3.8) is 0 Å². The summed E-state index contributed by atoms with van der Waals surface area (Å²) in [5.41, 5.74) is 3.09. The van der Waals surface area contributed by atoms with Gasteiger partial charge in [0.2, 0.25) is 0 Å². The van der Waals surface area contributed by atoms with Gasteiger partial charge in [0.1, 0.15) is 0 Å². The van der Waals surface area contributed by atoms with Gasteiger partial charge in [-0.1, -0.05) is 18.2 Å². The van der Waals surface area contributed by atoms with Gasteiger partial charge in [-0.2, -0.15) is 0 Å². The van der Waals surface area contributed by atoms with Crippen molar-refractivity contribution in [1.82, 2.24) is 5.32 Å². The molecule has 0 unspecified atom stereocenters. The van der Waals surface area contributed by atoms with Crippen LogP contribution in [-0.4, -0.2) is 17.2 Å². The number of fused-ring (bicyclic) bond motifs is 1. The van der Waals surface area contributed by atoms with Crippen molar-refractivity contribution < 1.29 is 0 Å². The minimum atomic E-state index is 0.323. The zero-order valence-electron chi connectivity index (χ0n) is 13.1. The Bertz CT molecular complexity index is 588. The summed E-state index contributed by atoms with van der Waals surface area (Å²) >= 11 is 5.84. The number of anilines is 1. The van der Waals surface area contributed by atoms with Gasteiger partial charge in [-0.25, -0.2) is 0 Å². The zero-order valence-corrected chi connectivity index (χ0v) is 13.9. The van der Waals surface area contributed by atoms with Crippen LogP contribution < -0.4 is 10.2 Å². The summed E-state index contributed by atoms with van der Waals surface area (Å²) in [7, 11) is 0. The van der Waals surface area contributed by atoms with Gasteiger partial charge in [-0.3, -0.25) is 0 Å². The zero-order chi connectivity index (χ0) is 14.7. The number of benzene rings is 1. The van der Waals surface area contributed by atoms with E-state index >= 15 is 0 Å². The summed E-state index contributed by atoms with van der Waals surface area (Å²) < 4.78 is 0. The Hall–Kier alpha value is -1.09. The van der Waals surface area contributed by atoms with Crippen LogP contribution >= 0.6 is 12.2 Å². The highest BCUT2D eigenvalue weighted by Gasteiger charge is 2.51. The molecule has 2 nitrogen and oxygen atoms in total. The van der Waals surface area contributed by atoms with Crippen LogP contribution in [0.4, 0.5) is 5.69 Å². The first kappa shape index (κ1) is 13.4. The Labute approximate surface area is 138 Å². The Morgan fingerprint density at radius 3 is 2.36 bits per heavy atom. The molecule has 0 saturated heterocycles. The molecule has 3 heteroatoms. The second-order valence-electron chi connectivity index (χ2n) is 8.16. The molecule has 1 heterocycles. The van der Waals surface area contributed by atoms with Gasteiger partial charge >= 0.3 is 0 Å². The van der Waals surface area contributed by atoms with E-state index in [9.17, 15) is 0 Å². The normalized spacial score (nSPS) is 38.2. The molecule has 1 aromatic rings. The van der Waals surface area contributed by atoms with Crippen molar-refractivity contribution in [1.29, 1.82) is 0 Å². The molecule has 0 aromatic heterocycles. The predicted molar refractivity (Wildman–Crippen MR) is 94.1 cm³/mol. The minimum absolute atomic E-state index is 0.323. The van der Waals surface area contributed by atoms with Gasteiger partial charge < -0.3 is 10.2 Å². The fourth-order valence-electron chi connectivity index (χ4n) is 6.11. The summed E-state index contributed by atoms with van der Waals surface area (Å²) in [4.78, 5) is 2.34. The van der Waals surface area contributed by atoms with Crippen molar-refractivity contribution >= 4 is 23.0 Å². The first-order valence-corrected chi connectivity index (χ1v) is 9.29. The lowest BCUT2D eigenvalue weighted by atomic mass is 9.53. The van der Waals surface area contributed by atoms with Gasteiger partial charge in [-0.15, -0.1) is 0 Å². The highest BCUT2D eigenvalue weighted by atomic mass is 32.1. The number of nitrogens with zero attached hydrogens (tertiary/aromatic N) is 1. The van der Waals surface area contributed by atoms with Crippen LogP contribution in [0.1, 0.15) is 44.1 Å². The van der Waals surface area contributed by atoms with Gasteiger partial charge in [0.05, 0.1) is 0 Å². The standard InChI is InChI=1S/C19H24N2S/c22-18(21-6-5-16-3-1-2-4-17(16)21)20-19-10-13-7-14(11-19)9-15(8-13)12-19/h1-4,13-15H,5-12H2,(H,20,22). The first-order chi connectivity index (χ1) is 10.7. The Morgan fingerprint density at radius 2 is 1.68 bits per heavy atom. The van der Waals surface area contributed by atoms with Gasteiger partial charge in [-0.05, 0) is 86.5 Å². The minimum Gasteiger partial charge on any atom is -0.357 e. The summed E-state index contributed by atoms with van der Waals surface area (Å²) in [6, 6.07) is 8.72. The maximum atomic E-state index is 5.84. The molecular weight excluding hydrogens is 288 g/mol. The van der Waals surface area contributed by atoms with E-state index in [1.165, 1.54) is 49.8 Å². The molecule has 5 aliphatic rings. The predicted octanol–water partition coefficient (Wildman–Crippen LogP) is 3.89. The van der Waals surface area contributed by atoms with Crippen LogP contribution in [0.15, 0.2) is 24.3 Å². The number of hydrogen-bond donors (Lipinski definition) is 1. The molecule has 0 spiro atoms. The molecule has 1 aromatic carbocycles. The van der Waals surface area contributed by atoms with E-state index in [2.05, 4.69) is 34.5 Å². The lowest BCUT2D eigenvalue weighted by Crippen LogP contribution is -2.61. The maximum Gasteiger partial charge on any atom is 0.173 e. The Balaban J connectivity index is 1.37. The summed E-state index contributed by atoms with van der Waals surface area (Å²) in [6.07, 6.45) is 9.65. The van der Waals surface area contributed by atoms with Crippen LogP contribution in [0, 0.1) is 17.8 Å². The second kappa shape index (κ2) is 4.70. The number of hydrogen-bond acceptors (Lipinski definition) is 1. The van der Waals surface area contributed by atoms with Crippen molar-refractivity contribution in [2.24, 2.45) is 17.8 Å². The van der Waals surface area contributed by atoms with Crippen LogP contribution in [-0.2, 0) is 6.42 Å². The van der Waals surface area contributed by atoms with E-state index in [0.29, 0.717) is 5.54 Å². The number of rotatable bonds is 1. The van der Waals surface area contributed by atoms with Crippen LogP contribution in [0.25, 0.3) is 0 Å². The highest BCUT2D eigenvalue weighted by molar-refractivity contribution is 7.80. The first-order valence-electron chi connectivity index (χ1n) is 8.88. The van der Waals surface area contributed by atoms with Gasteiger partial charge in [0.15, 0.2) is 5.11 Å². The van der Waals surface area contributed by atoms with E-state index in [-0.39, 0.29) is 0 Å². The molecular formula is C19H24N2S. The van der Waals surface area contributed by atoms with E-state index in [1.807, 2.05) is 0 Å². The highest BCUT2D eigenvalue weighted by Crippen LogP contribution is 2.55. The van der Waals surface area contributed by atoms with Crippen molar-refractivity contribution in [3.8, 4) is 0 Å².